The van der Waals surface area contributed by atoms with Gasteiger partial charge in [-0.3, -0.25) is 4.68 Å². The van der Waals surface area contributed by atoms with Gasteiger partial charge in [-0.15, -0.1) is 0 Å². The van der Waals surface area contributed by atoms with Crippen LogP contribution in [0.1, 0.15) is 17.3 Å². The first-order valence-corrected chi connectivity index (χ1v) is 6.20. The minimum atomic E-state index is -0.844. The van der Waals surface area contributed by atoms with Crippen LogP contribution in [0.4, 0.5) is 8.78 Å². The highest BCUT2D eigenvalue weighted by Gasteiger charge is 2.20. The summed E-state index contributed by atoms with van der Waals surface area (Å²) in [6.45, 7) is 0. The number of hydrogen-bond acceptors (Lipinski definition) is 2. The van der Waals surface area contributed by atoms with E-state index in [-0.39, 0.29) is 6.04 Å². The molecule has 1 aromatic heterocycles. The standard InChI is InChI=1S/C13H14ClF2N3/c1-17-11(13-9(14)7-18-19(13)2)6-8-4-3-5-10(15)12(8)16/h3-5,7,11,17H,6H2,1-2H3. The Kier molecular flexibility index (Phi) is 4.17. The number of aryl methyl sites for hydroxylation is 1. The zero-order valence-electron chi connectivity index (χ0n) is 10.6. The van der Waals surface area contributed by atoms with E-state index < -0.39 is 11.6 Å². The molecule has 6 heteroatoms. The van der Waals surface area contributed by atoms with Gasteiger partial charge in [-0.25, -0.2) is 8.78 Å². The molecule has 2 rings (SSSR count). The Hall–Kier alpha value is -1.46. The van der Waals surface area contributed by atoms with E-state index in [0.717, 1.165) is 11.8 Å². The van der Waals surface area contributed by atoms with Gasteiger partial charge in [0.2, 0.25) is 0 Å². The van der Waals surface area contributed by atoms with Gasteiger partial charge in [0, 0.05) is 7.05 Å². The fourth-order valence-electron chi connectivity index (χ4n) is 2.07. The van der Waals surface area contributed by atoms with E-state index in [1.165, 1.54) is 12.3 Å². The third kappa shape index (κ3) is 2.77. The number of rotatable bonds is 4. The highest BCUT2D eigenvalue weighted by molar-refractivity contribution is 6.31. The molecule has 0 amide bonds. The molecule has 0 radical (unpaired) electrons. The number of likely N-dealkylation sites (N-methyl/N-ethyl adjacent to an activating group) is 1. The SMILES string of the molecule is CNC(Cc1cccc(F)c1F)c1c(Cl)cnn1C. The lowest BCUT2D eigenvalue weighted by Crippen LogP contribution is -2.22. The summed E-state index contributed by atoms with van der Waals surface area (Å²) in [6.07, 6.45) is 1.82. The molecule has 0 aliphatic rings. The number of nitrogens with one attached hydrogen (secondary N) is 1. The second-order valence-corrected chi connectivity index (χ2v) is 4.67. The summed E-state index contributed by atoms with van der Waals surface area (Å²) >= 11 is 6.06. The van der Waals surface area contributed by atoms with E-state index in [1.807, 2.05) is 0 Å². The van der Waals surface area contributed by atoms with Gasteiger partial charge < -0.3 is 5.32 Å². The van der Waals surface area contributed by atoms with Gasteiger partial charge in [-0.1, -0.05) is 23.7 Å². The summed E-state index contributed by atoms with van der Waals surface area (Å²) in [7, 11) is 3.50. The van der Waals surface area contributed by atoms with Gasteiger partial charge in [0.15, 0.2) is 11.6 Å². The fourth-order valence-corrected chi connectivity index (χ4v) is 2.37. The zero-order valence-corrected chi connectivity index (χ0v) is 11.4. The quantitative estimate of drug-likeness (QED) is 0.936. The van der Waals surface area contributed by atoms with Crippen molar-refractivity contribution in [3.63, 3.8) is 0 Å². The van der Waals surface area contributed by atoms with Crippen molar-refractivity contribution in [2.75, 3.05) is 7.05 Å². The van der Waals surface area contributed by atoms with Crippen molar-refractivity contribution in [2.45, 2.75) is 12.5 Å². The maximum atomic E-state index is 13.7. The molecule has 0 fully saturated rings. The van der Waals surface area contributed by atoms with Crippen molar-refractivity contribution < 1.29 is 8.78 Å². The van der Waals surface area contributed by atoms with Crippen LogP contribution >= 0.6 is 11.6 Å². The molecule has 102 valence electrons. The lowest BCUT2D eigenvalue weighted by molar-refractivity contribution is 0.479. The topological polar surface area (TPSA) is 29.9 Å². The molecule has 2 aromatic rings. The van der Waals surface area contributed by atoms with Gasteiger partial charge in [0.1, 0.15) is 0 Å². The Labute approximate surface area is 115 Å². The fraction of sp³-hybridized carbons (Fsp3) is 0.308. The molecule has 1 N–H and O–H groups in total. The van der Waals surface area contributed by atoms with Crippen molar-refractivity contribution in [3.05, 3.63) is 52.3 Å². The normalized spacial score (nSPS) is 12.7. The van der Waals surface area contributed by atoms with E-state index in [4.69, 9.17) is 11.6 Å². The third-order valence-corrected chi connectivity index (χ3v) is 3.36. The molecule has 1 atom stereocenters. The summed E-state index contributed by atoms with van der Waals surface area (Å²) in [5, 5.41) is 7.59. The van der Waals surface area contributed by atoms with Crippen molar-refractivity contribution in [2.24, 2.45) is 7.05 Å². The first-order chi connectivity index (χ1) is 9.04. The van der Waals surface area contributed by atoms with Crippen LogP contribution in [0.25, 0.3) is 0 Å². The average molecular weight is 286 g/mol. The van der Waals surface area contributed by atoms with Gasteiger partial charge in [0.25, 0.3) is 0 Å². The molecule has 0 spiro atoms. The van der Waals surface area contributed by atoms with Gasteiger partial charge in [-0.05, 0) is 25.1 Å². The Bertz CT molecular complexity index is 564. The zero-order chi connectivity index (χ0) is 14.0. The van der Waals surface area contributed by atoms with Crippen LogP contribution in [0.15, 0.2) is 24.4 Å². The number of nitrogens with zero attached hydrogens (tertiary/aromatic N) is 2. The van der Waals surface area contributed by atoms with E-state index in [1.54, 1.807) is 24.8 Å². The minimum absolute atomic E-state index is 0.240. The molecule has 1 unspecified atom stereocenters. The first-order valence-electron chi connectivity index (χ1n) is 5.82. The number of benzene rings is 1. The van der Waals surface area contributed by atoms with Crippen LogP contribution in [0.5, 0.6) is 0 Å². The highest BCUT2D eigenvalue weighted by atomic mass is 35.5. The summed E-state index contributed by atoms with van der Waals surface area (Å²) in [5.74, 6) is -1.66. The average Bonchev–Trinajstić information content (AvgIpc) is 2.72. The largest absolute Gasteiger partial charge is 0.311 e. The van der Waals surface area contributed by atoms with Crippen molar-refractivity contribution in [1.82, 2.24) is 15.1 Å². The van der Waals surface area contributed by atoms with Gasteiger partial charge in [0.05, 0.1) is 23.0 Å². The number of hydrogen-bond donors (Lipinski definition) is 1. The summed E-state index contributed by atoms with van der Waals surface area (Å²) < 4.78 is 28.5. The van der Waals surface area contributed by atoms with Crippen LogP contribution in [0.3, 0.4) is 0 Å². The van der Waals surface area contributed by atoms with Crippen LogP contribution < -0.4 is 5.32 Å². The van der Waals surface area contributed by atoms with E-state index >= 15 is 0 Å². The summed E-state index contributed by atoms with van der Waals surface area (Å²) in [4.78, 5) is 0. The maximum absolute atomic E-state index is 13.7. The highest BCUT2D eigenvalue weighted by Crippen LogP contribution is 2.26. The Morgan fingerprint density at radius 1 is 1.42 bits per heavy atom. The van der Waals surface area contributed by atoms with E-state index in [9.17, 15) is 8.78 Å². The molecular formula is C13H14ClF2N3. The Balaban J connectivity index is 2.32. The molecular weight excluding hydrogens is 272 g/mol. The van der Waals surface area contributed by atoms with Crippen LogP contribution in [-0.2, 0) is 13.5 Å². The van der Waals surface area contributed by atoms with E-state index in [0.29, 0.717) is 17.0 Å². The molecule has 0 bridgehead atoms. The van der Waals surface area contributed by atoms with Crippen molar-refractivity contribution in [1.29, 1.82) is 0 Å². The lowest BCUT2D eigenvalue weighted by atomic mass is 10.0. The predicted molar refractivity (Wildman–Crippen MR) is 70.1 cm³/mol. The monoisotopic (exact) mass is 285 g/mol. The molecule has 1 aromatic carbocycles. The van der Waals surface area contributed by atoms with Crippen LogP contribution in [0, 0.1) is 11.6 Å². The van der Waals surface area contributed by atoms with Gasteiger partial charge in [-0.2, -0.15) is 5.10 Å². The molecule has 0 saturated heterocycles. The van der Waals surface area contributed by atoms with E-state index in [2.05, 4.69) is 10.4 Å². The maximum Gasteiger partial charge on any atom is 0.162 e. The Morgan fingerprint density at radius 2 is 2.16 bits per heavy atom. The van der Waals surface area contributed by atoms with Crippen LogP contribution in [-0.4, -0.2) is 16.8 Å². The second-order valence-electron chi connectivity index (χ2n) is 4.26. The molecule has 1 heterocycles. The Morgan fingerprint density at radius 3 is 2.74 bits per heavy atom. The smallest absolute Gasteiger partial charge is 0.162 e. The predicted octanol–water partition coefficient (Wildman–Crippen LogP) is 2.85. The van der Waals surface area contributed by atoms with Crippen molar-refractivity contribution >= 4 is 11.6 Å². The molecule has 0 saturated carbocycles. The van der Waals surface area contributed by atoms with Crippen molar-refractivity contribution in [3.8, 4) is 0 Å². The van der Waals surface area contributed by atoms with Gasteiger partial charge >= 0.3 is 0 Å². The molecule has 3 nitrogen and oxygen atoms in total. The first kappa shape index (κ1) is 14.0. The molecule has 0 aliphatic heterocycles. The number of halogens is 3. The molecule has 19 heavy (non-hydrogen) atoms. The lowest BCUT2D eigenvalue weighted by Gasteiger charge is -2.17. The third-order valence-electron chi connectivity index (χ3n) is 3.07. The minimum Gasteiger partial charge on any atom is -0.311 e. The summed E-state index contributed by atoms with van der Waals surface area (Å²) in [5.41, 5.74) is 1.05. The summed E-state index contributed by atoms with van der Waals surface area (Å²) in [6, 6.07) is 3.92. The van der Waals surface area contributed by atoms with Crippen LogP contribution in [0.2, 0.25) is 5.02 Å². The molecule has 0 aliphatic carbocycles. The second kappa shape index (κ2) is 5.67. The number of aromatic nitrogens is 2.